The average Bonchev–Trinajstić information content (AvgIpc) is 2.56. The fourth-order valence-electron chi connectivity index (χ4n) is 1.63. The van der Waals surface area contributed by atoms with E-state index < -0.39 is 19.7 Å². The van der Waals surface area contributed by atoms with E-state index in [-0.39, 0.29) is 9.79 Å². The maximum absolute atomic E-state index is 11.9. The van der Waals surface area contributed by atoms with Crippen LogP contribution in [0.25, 0.3) is 0 Å². The van der Waals surface area contributed by atoms with Crippen LogP contribution in [0.1, 0.15) is 0 Å². The van der Waals surface area contributed by atoms with Crippen molar-refractivity contribution in [3.63, 3.8) is 0 Å². The molecular weight excluding hydrogens is 336 g/mol. The monoisotopic (exact) mass is 350 g/mol. The highest BCUT2D eigenvalue weighted by molar-refractivity contribution is 7.94. The topological polar surface area (TPSA) is 77.5 Å². The second-order valence-corrected chi connectivity index (χ2v) is 8.06. The van der Waals surface area contributed by atoms with Crippen molar-refractivity contribution in [2.24, 2.45) is 0 Å². The first-order valence-corrected chi connectivity index (χ1v) is 9.60. The molecule has 0 atom stereocenters. The Morgan fingerprint density at radius 2 is 0.957 bits per heavy atom. The van der Waals surface area contributed by atoms with Gasteiger partial charge in [-0.05, 0) is 24.3 Å². The molecule has 2 rings (SSSR count). The average molecular weight is 350 g/mol. The van der Waals surface area contributed by atoms with Crippen molar-refractivity contribution in [3.05, 3.63) is 84.0 Å². The molecule has 23 heavy (non-hydrogen) atoms. The van der Waals surface area contributed by atoms with Gasteiger partial charge in [0.1, 0.15) is 12.5 Å². The number of rotatable bonds is 6. The molecule has 0 bridgehead atoms. The van der Waals surface area contributed by atoms with E-state index in [4.69, 9.17) is 4.74 Å². The van der Waals surface area contributed by atoms with Crippen molar-refractivity contribution in [3.8, 4) is 0 Å². The first kappa shape index (κ1) is 17.0. The van der Waals surface area contributed by atoms with E-state index in [1.807, 2.05) is 0 Å². The fourth-order valence-corrected chi connectivity index (χ4v) is 3.44. The molecule has 0 spiro atoms. The van der Waals surface area contributed by atoms with E-state index >= 15 is 0 Å². The molecule has 0 aliphatic heterocycles. The molecule has 0 amide bonds. The molecule has 120 valence electrons. The molecule has 5 nitrogen and oxygen atoms in total. The first-order valence-electron chi connectivity index (χ1n) is 6.51. The smallest absolute Gasteiger partial charge is 0.202 e. The van der Waals surface area contributed by atoms with E-state index in [0.717, 1.165) is 23.3 Å². The van der Waals surface area contributed by atoms with Gasteiger partial charge in [0, 0.05) is 0 Å². The van der Waals surface area contributed by atoms with Crippen LogP contribution in [0, 0.1) is 0 Å². The molecule has 0 aliphatic rings. The summed E-state index contributed by atoms with van der Waals surface area (Å²) in [6.07, 6.45) is 1.83. The summed E-state index contributed by atoms with van der Waals surface area (Å²) in [6.45, 7) is 0. The minimum absolute atomic E-state index is 0.126. The van der Waals surface area contributed by atoms with Gasteiger partial charge in [-0.3, -0.25) is 0 Å². The van der Waals surface area contributed by atoms with Crippen LogP contribution in [-0.2, 0) is 24.4 Å². The Labute approximate surface area is 135 Å². The van der Waals surface area contributed by atoms with E-state index in [1.54, 1.807) is 36.4 Å². The van der Waals surface area contributed by atoms with Crippen molar-refractivity contribution in [2.75, 3.05) is 0 Å². The summed E-state index contributed by atoms with van der Waals surface area (Å²) in [6, 6.07) is 15.6. The molecule has 0 heterocycles. The quantitative estimate of drug-likeness (QED) is 0.749. The lowest BCUT2D eigenvalue weighted by atomic mass is 10.4. The zero-order valence-corrected chi connectivity index (χ0v) is 13.6. The van der Waals surface area contributed by atoms with Crippen molar-refractivity contribution in [1.29, 1.82) is 0 Å². The zero-order chi connectivity index (χ0) is 16.8. The number of ether oxygens (including phenoxy) is 1. The Bertz CT molecular complexity index is 820. The lowest BCUT2D eigenvalue weighted by Crippen LogP contribution is -1.96. The lowest BCUT2D eigenvalue weighted by molar-refractivity contribution is 0.404. The SMILES string of the molecule is O=S(=O)(C=COC=CS(=O)(=O)c1ccccc1)c1ccccc1. The highest BCUT2D eigenvalue weighted by Gasteiger charge is 2.10. The molecule has 0 aromatic heterocycles. The predicted molar refractivity (Wildman–Crippen MR) is 86.6 cm³/mol. The van der Waals surface area contributed by atoms with Gasteiger partial charge in [-0.2, -0.15) is 0 Å². The third kappa shape index (κ3) is 4.80. The summed E-state index contributed by atoms with van der Waals surface area (Å²) in [7, 11) is -7.23. The molecular formula is C16H14O5S2. The maximum atomic E-state index is 11.9. The molecule has 0 radical (unpaired) electrons. The second-order valence-electron chi connectivity index (χ2n) is 4.40. The minimum atomic E-state index is -3.62. The Kier molecular flexibility index (Phi) is 5.36. The van der Waals surface area contributed by atoms with Crippen LogP contribution in [0.2, 0.25) is 0 Å². The lowest BCUT2D eigenvalue weighted by Gasteiger charge is -1.98. The van der Waals surface area contributed by atoms with Gasteiger partial charge in [-0.15, -0.1) is 0 Å². The summed E-state index contributed by atoms with van der Waals surface area (Å²) in [4.78, 5) is 0.251. The fraction of sp³-hybridized carbons (Fsp3) is 0. The van der Waals surface area contributed by atoms with E-state index in [2.05, 4.69) is 0 Å². The molecule has 2 aromatic carbocycles. The molecule has 0 N–H and O–H groups in total. The van der Waals surface area contributed by atoms with Crippen LogP contribution in [-0.4, -0.2) is 16.8 Å². The van der Waals surface area contributed by atoms with Crippen LogP contribution >= 0.6 is 0 Å². The summed E-state index contributed by atoms with van der Waals surface area (Å²) in [5.74, 6) is 0. The van der Waals surface area contributed by atoms with Crippen LogP contribution in [0.3, 0.4) is 0 Å². The number of benzene rings is 2. The predicted octanol–water partition coefficient (Wildman–Crippen LogP) is 2.89. The third-order valence-electron chi connectivity index (χ3n) is 2.77. The highest BCUT2D eigenvalue weighted by Crippen LogP contribution is 2.12. The minimum Gasteiger partial charge on any atom is -0.471 e. The Morgan fingerprint density at radius 3 is 1.30 bits per heavy atom. The van der Waals surface area contributed by atoms with Crippen LogP contribution in [0.5, 0.6) is 0 Å². The van der Waals surface area contributed by atoms with Crippen LogP contribution < -0.4 is 0 Å². The largest absolute Gasteiger partial charge is 0.471 e. The molecule has 0 aliphatic carbocycles. The van der Waals surface area contributed by atoms with E-state index in [9.17, 15) is 16.8 Å². The molecule has 0 saturated heterocycles. The van der Waals surface area contributed by atoms with Gasteiger partial charge < -0.3 is 4.74 Å². The Morgan fingerprint density at radius 1 is 0.609 bits per heavy atom. The first-order chi connectivity index (χ1) is 10.9. The molecule has 0 saturated carbocycles. The van der Waals surface area contributed by atoms with Crippen LogP contribution in [0.4, 0.5) is 0 Å². The maximum Gasteiger partial charge on any atom is 0.202 e. The number of sulfone groups is 2. The summed E-state index contributed by atoms with van der Waals surface area (Å²) in [5, 5.41) is 1.73. The Balaban J connectivity index is 2.02. The molecule has 2 aromatic rings. The normalized spacial score (nSPS) is 12.7. The summed E-state index contributed by atoms with van der Waals surface area (Å²) in [5.41, 5.74) is 0. The number of hydrogen-bond acceptors (Lipinski definition) is 5. The van der Waals surface area contributed by atoms with Crippen molar-refractivity contribution in [2.45, 2.75) is 9.79 Å². The van der Waals surface area contributed by atoms with Gasteiger partial charge in [0.25, 0.3) is 0 Å². The molecule has 7 heteroatoms. The second kappa shape index (κ2) is 7.26. The van der Waals surface area contributed by atoms with Gasteiger partial charge in [-0.25, -0.2) is 16.8 Å². The third-order valence-corrected chi connectivity index (χ3v) is 5.57. The van der Waals surface area contributed by atoms with Gasteiger partial charge in [-0.1, -0.05) is 36.4 Å². The Hall–Kier alpha value is -2.38. The van der Waals surface area contributed by atoms with Crippen molar-refractivity contribution >= 4 is 19.7 Å². The van der Waals surface area contributed by atoms with E-state index in [0.29, 0.717) is 0 Å². The molecule has 0 unspecified atom stereocenters. The van der Waals surface area contributed by atoms with Gasteiger partial charge in [0.05, 0.1) is 20.6 Å². The number of hydrogen-bond donors (Lipinski definition) is 0. The summed E-state index contributed by atoms with van der Waals surface area (Å²) < 4.78 is 52.4. The van der Waals surface area contributed by atoms with Gasteiger partial charge in [0.2, 0.25) is 19.7 Å². The van der Waals surface area contributed by atoms with Gasteiger partial charge in [0.15, 0.2) is 0 Å². The standard InChI is InChI=1S/C16H14O5S2/c17-22(18,15-7-3-1-4-8-15)13-11-21-12-14-23(19,20)16-9-5-2-6-10-16/h1-14H. The van der Waals surface area contributed by atoms with E-state index in [1.165, 1.54) is 24.3 Å². The van der Waals surface area contributed by atoms with Crippen molar-refractivity contribution < 1.29 is 21.6 Å². The van der Waals surface area contributed by atoms with Gasteiger partial charge >= 0.3 is 0 Å². The summed E-state index contributed by atoms with van der Waals surface area (Å²) >= 11 is 0. The highest BCUT2D eigenvalue weighted by atomic mass is 32.2. The van der Waals surface area contributed by atoms with Crippen molar-refractivity contribution in [1.82, 2.24) is 0 Å². The molecule has 0 fully saturated rings. The van der Waals surface area contributed by atoms with Crippen LogP contribution in [0.15, 0.2) is 93.8 Å². The zero-order valence-electron chi connectivity index (χ0n) is 11.9.